The number of nitrogens with zero attached hydrogens (tertiary/aromatic N) is 1. The fourth-order valence-corrected chi connectivity index (χ4v) is 3.04. The van der Waals surface area contributed by atoms with E-state index in [4.69, 9.17) is 0 Å². The third-order valence-electron chi connectivity index (χ3n) is 4.40. The van der Waals surface area contributed by atoms with Gasteiger partial charge >= 0.3 is 5.97 Å². The first kappa shape index (κ1) is 18.4. The van der Waals surface area contributed by atoms with Crippen molar-refractivity contribution in [2.75, 3.05) is 35.7 Å². The van der Waals surface area contributed by atoms with Gasteiger partial charge < -0.3 is 20.3 Å². The number of fused-ring (bicyclic) bond motifs is 1. The Hall–Kier alpha value is -3.35. The van der Waals surface area contributed by atoms with Crippen LogP contribution in [0.25, 0.3) is 0 Å². The number of carbonyl (C=O) groups excluding carboxylic acids is 3. The van der Waals surface area contributed by atoms with Gasteiger partial charge in [-0.25, -0.2) is 4.79 Å². The van der Waals surface area contributed by atoms with Crippen LogP contribution >= 0.6 is 0 Å². The number of nitrogens with one attached hydrogen (secondary N) is 2. The number of rotatable bonds is 5. The van der Waals surface area contributed by atoms with Crippen LogP contribution in [0.15, 0.2) is 42.5 Å². The van der Waals surface area contributed by atoms with Crippen LogP contribution in [0.4, 0.5) is 17.1 Å². The first-order valence-corrected chi connectivity index (χ1v) is 8.61. The predicted molar refractivity (Wildman–Crippen MR) is 103 cm³/mol. The van der Waals surface area contributed by atoms with Crippen LogP contribution in [0.3, 0.4) is 0 Å². The number of esters is 1. The number of benzene rings is 2. The predicted octanol–water partition coefficient (Wildman–Crippen LogP) is 2.43. The third kappa shape index (κ3) is 4.25. The number of ether oxygens (including phenoxy) is 1. The van der Waals surface area contributed by atoms with E-state index in [-0.39, 0.29) is 18.4 Å². The standard InChI is InChI=1S/C20H21N3O4/c1-13(24)23-10-9-15-11-17(7-8-18(15)23)22-19(25)12-21-16-5-3-14(4-6-16)20(26)27-2/h3-8,11,21H,9-10,12H2,1-2H3,(H,22,25). The lowest BCUT2D eigenvalue weighted by atomic mass is 10.1. The van der Waals surface area contributed by atoms with Gasteiger partial charge in [0.25, 0.3) is 0 Å². The van der Waals surface area contributed by atoms with Crippen molar-refractivity contribution in [1.82, 2.24) is 0 Å². The number of amides is 2. The molecule has 1 aliphatic heterocycles. The molecular formula is C20H21N3O4. The Morgan fingerprint density at radius 2 is 1.78 bits per heavy atom. The second-order valence-corrected chi connectivity index (χ2v) is 6.23. The Balaban J connectivity index is 1.55. The molecule has 1 aliphatic rings. The maximum Gasteiger partial charge on any atom is 0.337 e. The topological polar surface area (TPSA) is 87.7 Å². The zero-order valence-electron chi connectivity index (χ0n) is 15.2. The van der Waals surface area contributed by atoms with Crippen molar-refractivity contribution >= 4 is 34.8 Å². The number of hydrogen-bond donors (Lipinski definition) is 2. The fraction of sp³-hybridized carbons (Fsp3) is 0.250. The number of hydrogen-bond acceptors (Lipinski definition) is 5. The quantitative estimate of drug-likeness (QED) is 0.793. The number of methoxy groups -OCH3 is 1. The first-order valence-electron chi connectivity index (χ1n) is 8.61. The molecule has 0 atom stereocenters. The van der Waals surface area contributed by atoms with Crippen molar-refractivity contribution in [2.24, 2.45) is 0 Å². The van der Waals surface area contributed by atoms with Crippen LogP contribution in [-0.4, -0.2) is 38.0 Å². The van der Waals surface area contributed by atoms with Crippen LogP contribution in [0.1, 0.15) is 22.8 Å². The summed E-state index contributed by atoms with van der Waals surface area (Å²) in [6.07, 6.45) is 0.781. The molecule has 2 aromatic carbocycles. The van der Waals surface area contributed by atoms with Crippen molar-refractivity contribution in [3.63, 3.8) is 0 Å². The highest BCUT2D eigenvalue weighted by atomic mass is 16.5. The molecule has 0 saturated carbocycles. The molecule has 2 N–H and O–H groups in total. The van der Waals surface area contributed by atoms with Gasteiger partial charge in [0.1, 0.15) is 0 Å². The van der Waals surface area contributed by atoms with E-state index in [1.807, 2.05) is 12.1 Å². The molecule has 0 saturated heterocycles. The normalized spacial score (nSPS) is 12.3. The SMILES string of the molecule is COC(=O)c1ccc(NCC(=O)Nc2ccc3c(c2)CCN3C(C)=O)cc1. The molecule has 2 aromatic rings. The van der Waals surface area contributed by atoms with Gasteiger partial charge in [0.05, 0.1) is 19.2 Å². The zero-order valence-corrected chi connectivity index (χ0v) is 15.2. The minimum atomic E-state index is -0.403. The highest BCUT2D eigenvalue weighted by Crippen LogP contribution is 2.30. The van der Waals surface area contributed by atoms with E-state index >= 15 is 0 Å². The molecule has 0 radical (unpaired) electrons. The molecule has 7 heteroatoms. The number of anilines is 3. The lowest BCUT2D eigenvalue weighted by Crippen LogP contribution is -2.25. The van der Waals surface area contributed by atoms with Gasteiger partial charge in [-0.3, -0.25) is 9.59 Å². The molecule has 7 nitrogen and oxygen atoms in total. The van der Waals surface area contributed by atoms with Crippen LogP contribution in [-0.2, 0) is 20.7 Å². The van der Waals surface area contributed by atoms with E-state index in [2.05, 4.69) is 15.4 Å². The maximum absolute atomic E-state index is 12.2. The van der Waals surface area contributed by atoms with Gasteiger partial charge in [0.15, 0.2) is 0 Å². The van der Waals surface area contributed by atoms with Gasteiger partial charge in [-0.05, 0) is 54.4 Å². The van der Waals surface area contributed by atoms with Crippen LogP contribution in [0.2, 0.25) is 0 Å². The van der Waals surface area contributed by atoms with Crippen LogP contribution in [0.5, 0.6) is 0 Å². The smallest absolute Gasteiger partial charge is 0.337 e. The lowest BCUT2D eigenvalue weighted by Gasteiger charge is -2.15. The van der Waals surface area contributed by atoms with Gasteiger partial charge in [-0.15, -0.1) is 0 Å². The van der Waals surface area contributed by atoms with Gasteiger partial charge in [0, 0.05) is 30.5 Å². The van der Waals surface area contributed by atoms with Crippen molar-refractivity contribution in [1.29, 1.82) is 0 Å². The molecule has 3 rings (SSSR count). The summed E-state index contributed by atoms with van der Waals surface area (Å²) in [5.41, 5.74) is 3.83. The maximum atomic E-state index is 12.2. The minimum absolute atomic E-state index is 0.0213. The monoisotopic (exact) mass is 367 g/mol. The van der Waals surface area contributed by atoms with Crippen molar-refractivity contribution in [3.8, 4) is 0 Å². The van der Waals surface area contributed by atoms with Crippen molar-refractivity contribution < 1.29 is 19.1 Å². The Morgan fingerprint density at radius 3 is 2.44 bits per heavy atom. The average Bonchev–Trinajstić information content (AvgIpc) is 3.09. The summed E-state index contributed by atoms with van der Waals surface area (Å²) >= 11 is 0. The lowest BCUT2D eigenvalue weighted by molar-refractivity contribution is -0.116. The minimum Gasteiger partial charge on any atom is -0.465 e. The molecular weight excluding hydrogens is 346 g/mol. The Kier molecular flexibility index (Phi) is 5.40. The van der Waals surface area contributed by atoms with E-state index in [0.29, 0.717) is 17.8 Å². The summed E-state index contributed by atoms with van der Waals surface area (Å²) in [7, 11) is 1.33. The fourth-order valence-electron chi connectivity index (χ4n) is 3.04. The molecule has 0 fully saturated rings. The molecule has 0 spiro atoms. The second kappa shape index (κ2) is 7.90. The average molecular weight is 367 g/mol. The molecule has 140 valence electrons. The summed E-state index contributed by atoms with van der Waals surface area (Å²) in [6, 6.07) is 12.3. The Morgan fingerprint density at radius 1 is 1.07 bits per heavy atom. The Bertz CT molecular complexity index is 877. The summed E-state index contributed by atoms with van der Waals surface area (Å²) in [5, 5.41) is 5.85. The molecule has 27 heavy (non-hydrogen) atoms. The van der Waals surface area contributed by atoms with E-state index in [0.717, 1.165) is 23.4 Å². The molecule has 0 aliphatic carbocycles. The molecule has 0 aromatic heterocycles. The van der Waals surface area contributed by atoms with E-state index < -0.39 is 5.97 Å². The highest BCUT2D eigenvalue weighted by molar-refractivity contribution is 5.96. The highest BCUT2D eigenvalue weighted by Gasteiger charge is 2.22. The van der Waals surface area contributed by atoms with E-state index in [1.165, 1.54) is 7.11 Å². The van der Waals surface area contributed by atoms with Crippen molar-refractivity contribution in [3.05, 3.63) is 53.6 Å². The molecule has 0 bridgehead atoms. The van der Waals surface area contributed by atoms with E-state index in [9.17, 15) is 14.4 Å². The number of carbonyl (C=O) groups is 3. The van der Waals surface area contributed by atoms with Gasteiger partial charge in [0.2, 0.25) is 11.8 Å². The summed E-state index contributed by atoms with van der Waals surface area (Å²) in [5.74, 6) is -0.569. The molecule has 1 heterocycles. The second-order valence-electron chi connectivity index (χ2n) is 6.23. The largest absolute Gasteiger partial charge is 0.465 e. The first-order chi connectivity index (χ1) is 13.0. The zero-order chi connectivity index (χ0) is 19.4. The summed E-state index contributed by atoms with van der Waals surface area (Å²) in [4.78, 5) is 36.9. The summed E-state index contributed by atoms with van der Waals surface area (Å²) < 4.78 is 4.65. The van der Waals surface area contributed by atoms with Crippen LogP contribution < -0.4 is 15.5 Å². The van der Waals surface area contributed by atoms with Crippen LogP contribution in [0, 0.1) is 0 Å². The molecule has 0 unspecified atom stereocenters. The third-order valence-corrected chi connectivity index (χ3v) is 4.40. The summed E-state index contributed by atoms with van der Waals surface area (Å²) in [6.45, 7) is 2.31. The van der Waals surface area contributed by atoms with Gasteiger partial charge in [-0.1, -0.05) is 0 Å². The van der Waals surface area contributed by atoms with Crippen molar-refractivity contribution in [2.45, 2.75) is 13.3 Å². The van der Waals surface area contributed by atoms with Gasteiger partial charge in [-0.2, -0.15) is 0 Å². The molecule has 2 amide bonds. The Labute approximate surface area is 157 Å². The van der Waals surface area contributed by atoms with E-state index in [1.54, 1.807) is 42.2 Å².